The quantitative estimate of drug-likeness (QED) is 0.415. The molecular weight excluding hydrogens is 416 g/mol. The summed E-state index contributed by atoms with van der Waals surface area (Å²) < 4.78 is 33.1. The van der Waals surface area contributed by atoms with Crippen molar-refractivity contribution in [3.63, 3.8) is 0 Å². The second kappa shape index (κ2) is 10.2. The highest BCUT2D eigenvalue weighted by Gasteiger charge is 2.16. The lowest BCUT2D eigenvalue weighted by Crippen LogP contribution is -2.22. The number of aromatic nitrogens is 2. The molecule has 1 aromatic heterocycles. The molecule has 1 amide bonds. The third-order valence-corrected chi connectivity index (χ3v) is 4.67. The summed E-state index contributed by atoms with van der Waals surface area (Å²) >= 11 is 0. The molecule has 0 bridgehead atoms. The minimum absolute atomic E-state index is 0.130. The molecule has 0 atom stereocenters. The van der Waals surface area contributed by atoms with Crippen molar-refractivity contribution in [2.75, 3.05) is 19.4 Å². The molecule has 0 fully saturated rings. The van der Waals surface area contributed by atoms with Crippen molar-refractivity contribution in [2.24, 2.45) is 0 Å². The predicted molar refractivity (Wildman–Crippen MR) is 116 cm³/mol. The van der Waals surface area contributed by atoms with Gasteiger partial charge in [0.2, 0.25) is 5.91 Å². The molecule has 9 heteroatoms. The number of methoxy groups -OCH3 is 1. The number of hydrogen-bond donors (Lipinski definition) is 2. The summed E-state index contributed by atoms with van der Waals surface area (Å²) in [4.78, 5) is 12.0. The first-order chi connectivity index (χ1) is 15.4. The smallest absolute Gasteiger partial charge is 0.243 e. The molecule has 0 unspecified atom stereocenters. The molecule has 3 N–H and O–H groups in total. The minimum Gasteiger partial charge on any atom is -0.494 e. The Kier molecular flexibility index (Phi) is 7.18. The van der Waals surface area contributed by atoms with Gasteiger partial charge in [-0.15, -0.1) is 0 Å². The van der Waals surface area contributed by atoms with Gasteiger partial charge in [0.25, 0.3) is 0 Å². The van der Waals surface area contributed by atoms with Crippen LogP contribution in [0.4, 0.5) is 14.6 Å². The van der Waals surface area contributed by atoms with Crippen LogP contribution in [0.15, 0.2) is 48.5 Å². The molecular formula is C23H21F2N5O2. The van der Waals surface area contributed by atoms with Gasteiger partial charge in [0.15, 0.2) is 11.6 Å². The zero-order valence-electron chi connectivity index (χ0n) is 17.3. The third-order valence-electron chi connectivity index (χ3n) is 4.67. The van der Waals surface area contributed by atoms with Crippen LogP contribution >= 0.6 is 0 Å². The van der Waals surface area contributed by atoms with Gasteiger partial charge >= 0.3 is 0 Å². The van der Waals surface area contributed by atoms with Crippen molar-refractivity contribution in [3.8, 4) is 17.5 Å². The van der Waals surface area contributed by atoms with Crippen LogP contribution in [-0.4, -0.2) is 29.3 Å². The SMILES string of the molecule is COc1ccc(C=CC(=O)NCCCc2nn(-c3ccc(F)cc3)c(N)c2C#N)cc1F. The maximum atomic E-state index is 13.7. The fraction of sp³-hybridized carbons (Fsp3) is 0.174. The van der Waals surface area contributed by atoms with Crippen LogP contribution in [0.2, 0.25) is 0 Å². The number of amides is 1. The monoisotopic (exact) mass is 437 g/mol. The summed E-state index contributed by atoms with van der Waals surface area (Å²) in [5, 5.41) is 16.5. The zero-order valence-corrected chi connectivity index (χ0v) is 17.3. The summed E-state index contributed by atoms with van der Waals surface area (Å²) in [5.41, 5.74) is 7.85. The number of benzene rings is 2. The van der Waals surface area contributed by atoms with E-state index in [1.165, 1.54) is 60.3 Å². The predicted octanol–water partition coefficient (Wildman–Crippen LogP) is 3.38. The van der Waals surface area contributed by atoms with E-state index < -0.39 is 5.82 Å². The fourth-order valence-corrected chi connectivity index (χ4v) is 3.04. The van der Waals surface area contributed by atoms with Crippen LogP contribution in [0.3, 0.4) is 0 Å². The molecule has 0 saturated heterocycles. The van der Waals surface area contributed by atoms with Gasteiger partial charge in [0.05, 0.1) is 18.5 Å². The lowest BCUT2D eigenvalue weighted by molar-refractivity contribution is -0.116. The van der Waals surface area contributed by atoms with Crippen LogP contribution in [-0.2, 0) is 11.2 Å². The Labute approximate surface area is 183 Å². The standard InChI is InChI=1S/C23H21F2N5O2/c1-32-21-10-4-15(13-19(21)25)5-11-22(31)28-12-2-3-20-18(14-26)23(27)30(29-20)17-8-6-16(24)7-9-17/h4-11,13H,2-3,12,27H2,1H3,(H,28,31). The van der Waals surface area contributed by atoms with E-state index in [1.807, 2.05) is 6.07 Å². The van der Waals surface area contributed by atoms with Crippen LogP contribution in [0, 0.1) is 23.0 Å². The number of ether oxygens (including phenoxy) is 1. The highest BCUT2D eigenvalue weighted by Crippen LogP contribution is 2.22. The van der Waals surface area contributed by atoms with E-state index in [-0.39, 0.29) is 28.9 Å². The molecule has 164 valence electrons. The molecule has 0 spiro atoms. The highest BCUT2D eigenvalue weighted by atomic mass is 19.1. The van der Waals surface area contributed by atoms with Crippen LogP contribution in [0.25, 0.3) is 11.8 Å². The van der Waals surface area contributed by atoms with E-state index >= 15 is 0 Å². The minimum atomic E-state index is -0.511. The molecule has 0 aliphatic heterocycles. The molecule has 2 aromatic carbocycles. The van der Waals surface area contributed by atoms with Gasteiger partial charge in [-0.25, -0.2) is 13.5 Å². The van der Waals surface area contributed by atoms with Crippen LogP contribution in [0.1, 0.15) is 23.2 Å². The number of carbonyl (C=O) groups is 1. The summed E-state index contributed by atoms with van der Waals surface area (Å²) in [6.07, 6.45) is 3.74. The molecule has 32 heavy (non-hydrogen) atoms. The number of nitriles is 1. The lowest BCUT2D eigenvalue weighted by atomic mass is 10.1. The van der Waals surface area contributed by atoms with Gasteiger partial charge in [-0.05, 0) is 60.9 Å². The number of nitrogens with one attached hydrogen (secondary N) is 1. The number of nitrogens with zero attached hydrogens (tertiary/aromatic N) is 3. The molecule has 7 nitrogen and oxygen atoms in total. The van der Waals surface area contributed by atoms with Gasteiger partial charge in [-0.1, -0.05) is 6.07 Å². The number of rotatable bonds is 8. The number of carbonyl (C=O) groups excluding carboxylic acids is 1. The molecule has 0 aliphatic carbocycles. The molecule has 0 radical (unpaired) electrons. The topological polar surface area (TPSA) is 106 Å². The number of nitrogen functional groups attached to an aromatic ring is 1. The largest absolute Gasteiger partial charge is 0.494 e. The van der Waals surface area contributed by atoms with Crippen molar-refractivity contribution < 1.29 is 18.3 Å². The second-order valence-corrected chi connectivity index (χ2v) is 6.83. The molecule has 3 aromatic rings. The maximum Gasteiger partial charge on any atom is 0.243 e. The summed E-state index contributed by atoms with van der Waals surface area (Å²) in [6, 6.07) is 12.0. The number of anilines is 1. The summed E-state index contributed by atoms with van der Waals surface area (Å²) in [7, 11) is 1.38. The van der Waals surface area contributed by atoms with E-state index in [1.54, 1.807) is 6.07 Å². The highest BCUT2D eigenvalue weighted by molar-refractivity contribution is 5.91. The van der Waals surface area contributed by atoms with E-state index in [0.29, 0.717) is 36.3 Å². The Morgan fingerprint density at radius 1 is 1.28 bits per heavy atom. The lowest BCUT2D eigenvalue weighted by Gasteiger charge is -2.03. The van der Waals surface area contributed by atoms with Gasteiger partial charge in [-0.3, -0.25) is 4.79 Å². The summed E-state index contributed by atoms with van der Waals surface area (Å²) in [6.45, 7) is 0.342. The van der Waals surface area contributed by atoms with Crippen molar-refractivity contribution in [1.82, 2.24) is 15.1 Å². The number of aryl methyl sites for hydroxylation is 1. The average Bonchev–Trinajstić information content (AvgIpc) is 3.11. The third kappa shape index (κ3) is 5.29. The van der Waals surface area contributed by atoms with Gasteiger partial charge in [0, 0.05) is 12.6 Å². The van der Waals surface area contributed by atoms with E-state index in [0.717, 1.165) is 0 Å². The number of hydrogen-bond acceptors (Lipinski definition) is 5. The normalized spacial score (nSPS) is 10.8. The van der Waals surface area contributed by atoms with Crippen LogP contribution in [0.5, 0.6) is 5.75 Å². The van der Waals surface area contributed by atoms with E-state index in [2.05, 4.69) is 10.4 Å². The second-order valence-electron chi connectivity index (χ2n) is 6.83. The Morgan fingerprint density at radius 3 is 2.69 bits per heavy atom. The van der Waals surface area contributed by atoms with Crippen molar-refractivity contribution in [1.29, 1.82) is 5.26 Å². The number of halogens is 2. The van der Waals surface area contributed by atoms with E-state index in [9.17, 15) is 18.8 Å². The molecule has 1 heterocycles. The average molecular weight is 437 g/mol. The van der Waals surface area contributed by atoms with Crippen molar-refractivity contribution in [2.45, 2.75) is 12.8 Å². The Morgan fingerprint density at radius 2 is 2.03 bits per heavy atom. The molecule has 0 saturated carbocycles. The summed E-state index contributed by atoms with van der Waals surface area (Å²) in [5.74, 6) is -0.929. The fourth-order valence-electron chi connectivity index (χ4n) is 3.04. The van der Waals surface area contributed by atoms with Gasteiger partial charge in [-0.2, -0.15) is 10.4 Å². The first-order valence-electron chi connectivity index (χ1n) is 9.75. The van der Waals surface area contributed by atoms with Gasteiger partial charge in [0.1, 0.15) is 23.3 Å². The Bertz CT molecular complexity index is 1180. The Hall–Kier alpha value is -4.19. The first-order valence-corrected chi connectivity index (χ1v) is 9.75. The van der Waals surface area contributed by atoms with Gasteiger partial charge < -0.3 is 15.8 Å². The molecule has 0 aliphatic rings. The molecule has 3 rings (SSSR count). The number of nitrogens with two attached hydrogens (primary N) is 1. The first kappa shape index (κ1) is 22.5. The maximum absolute atomic E-state index is 13.7. The zero-order chi connectivity index (χ0) is 23.1. The Balaban J connectivity index is 1.55. The van der Waals surface area contributed by atoms with Crippen molar-refractivity contribution >= 4 is 17.8 Å². The van der Waals surface area contributed by atoms with E-state index in [4.69, 9.17) is 10.5 Å². The van der Waals surface area contributed by atoms with Crippen molar-refractivity contribution in [3.05, 3.63) is 77.0 Å². The van der Waals surface area contributed by atoms with Crippen LogP contribution < -0.4 is 15.8 Å².